The van der Waals surface area contributed by atoms with Gasteiger partial charge in [-0.15, -0.1) is 0 Å². The van der Waals surface area contributed by atoms with Crippen LogP contribution in [0.3, 0.4) is 0 Å². The number of carbonyl (C=O) groups is 1. The molecule has 0 unspecified atom stereocenters. The first-order valence-electron chi connectivity index (χ1n) is 6.62. The number of aromatic nitrogens is 2. The molecule has 0 N–H and O–H groups in total. The Morgan fingerprint density at radius 3 is 2.62 bits per heavy atom. The number of benzene rings is 2. The minimum Gasteiger partial charge on any atom is -0.319 e. The summed E-state index contributed by atoms with van der Waals surface area (Å²) in [6.45, 7) is 2.82. The highest BCUT2D eigenvalue weighted by Crippen LogP contribution is 2.27. The molecule has 0 atom stereocenters. The lowest BCUT2D eigenvalue weighted by Gasteiger charge is -2.04. The van der Waals surface area contributed by atoms with E-state index in [0.717, 1.165) is 34.5 Å². The predicted molar refractivity (Wildman–Crippen MR) is 87.0 cm³/mol. The molecule has 1 aromatic heterocycles. The fourth-order valence-corrected chi connectivity index (χ4v) is 3.19. The minimum absolute atomic E-state index is 0.0309. The van der Waals surface area contributed by atoms with Crippen LogP contribution in [0, 0.1) is 0 Å². The van der Waals surface area contributed by atoms with Crippen LogP contribution in [0.15, 0.2) is 53.7 Å². The number of hydrogen-bond acceptors (Lipinski definition) is 3. The quantitative estimate of drug-likeness (QED) is 0.660. The van der Waals surface area contributed by atoms with Gasteiger partial charge in [-0.05, 0) is 55.1 Å². The summed E-state index contributed by atoms with van der Waals surface area (Å²) in [6.07, 6.45) is 0. The van der Waals surface area contributed by atoms with E-state index < -0.39 is 0 Å². The third-order valence-corrected chi connectivity index (χ3v) is 4.37. The average molecular weight is 317 g/mol. The number of para-hydroxylation sites is 2. The summed E-state index contributed by atoms with van der Waals surface area (Å²) < 4.78 is 2.05. The molecule has 5 heteroatoms. The van der Waals surface area contributed by atoms with E-state index >= 15 is 0 Å². The van der Waals surface area contributed by atoms with Crippen molar-refractivity contribution in [3.05, 3.63) is 59.1 Å². The summed E-state index contributed by atoms with van der Waals surface area (Å²) >= 11 is 6.99. The number of carbonyl (C=O) groups excluding carboxylic acids is 1. The second kappa shape index (κ2) is 5.92. The van der Waals surface area contributed by atoms with Gasteiger partial charge in [0.2, 0.25) is 5.12 Å². The van der Waals surface area contributed by atoms with Gasteiger partial charge in [0, 0.05) is 17.1 Å². The van der Waals surface area contributed by atoms with Gasteiger partial charge in [-0.1, -0.05) is 23.7 Å². The molecule has 21 heavy (non-hydrogen) atoms. The molecule has 0 saturated heterocycles. The molecule has 3 rings (SSSR count). The van der Waals surface area contributed by atoms with Crippen LogP contribution < -0.4 is 0 Å². The predicted octanol–water partition coefficient (Wildman–Crippen LogP) is 4.64. The number of thioether (sulfide) groups is 1. The molecule has 2 aromatic carbocycles. The van der Waals surface area contributed by atoms with Crippen molar-refractivity contribution >= 4 is 39.5 Å². The Bertz CT molecular complexity index is 796. The number of aryl methyl sites for hydroxylation is 1. The van der Waals surface area contributed by atoms with Gasteiger partial charge in [-0.2, -0.15) is 0 Å². The van der Waals surface area contributed by atoms with Crippen molar-refractivity contribution in [3.8, 4) is 0 Å². The van der Waals surface area contributed by atoms with Gasteiger partial charge in [0.1, 0.15) is 0 Å². The van der Waals surface area contributed by atoms with Crippen LogP contribution in [-0.2, 0) is 6.54 Å². The van der Waals surface area contributed by atoms with E-state index in [9.17, 15) is 4.79 Å². The second-order valence-electron chi connectivity index (χ2n) is 4.52. The van der Waals surface area contributed by atoms with Crippen molar-refractivity contribution in [1.29, 1.82) is 0 Å². The number of nitrogens with zero attached hydrogens (tertiary/aromatic N) is 2. The molecule has 0 fully saturated rings. The number of imidazole rings is 1. The van der Waals surface area contributed by atoms with Gasteiger partial charge in [0.05, 0.1) is 11.0 Å². The van der Waals surface area contributed by atoms with E-state index in [1.165, 1.54) is 0 Å². The van der Waals surface area contributed by atoms with Crippen molar-refractivity contribution in [2.75, 3.05) is 0 Å². The molecular formula is C16H13ClN2OS. The zero-order chi connectivity index (χ0) is 14.8. The van der Waals surface area contributed by atoms with Crippen molar-refractivity contribution in [2.24, 2.45) is 0 Å². The number of rotatable bonds is 3. The fourth-order valence-electron chi connectivity index (χ4n) is 2.16. The molecule has 0 radical (unpaired) electrons. The van der Waals surface area contributed by atoms with Gasteiger partial charge >= 0.3 is 0 Å². The van der Waals surface area contributed by atoms with Crippen LogP contribution in [0.4, 0.5) is 0 Å². The maximum atomic E-state index is 12.3. The van der Waals surface area contributed by atoms with Crippen LogP contribution in [0.1, 0.15) is 17.3 Å². The summed E-state index contributed by atoms with van der Waals surface area (Å²) in [4.78, 5) is 16.9. The molecule has 3 aromatic rings. The largest absolute Gasteiger partial charge is 0.319 e. The molecular weight excluding hydrogens is 304 g/mol. The monoisotopic (exact) mass is 316 g/mol. The zero-order valence-corrected chi connectivity index (χ0v) is 13.0. The molecule has 0 bridgehead atoms. The first-order valence-corrected chi connectivity index (χ1v) is 7.81. The zero-order valence-electron chi connectivity index (χ0n) is 11.4. The van der Waals surface area contributed by atoms with Gasteiger partial charge in [-0.3, -0.25) is 4.79 Å². The molecule has 0 amide bonds. The fraction of sp³-hybridized carbons (Fsp3) is 0.125. The highest BCUT2D eigenvalue weighted by molar-refractivity contribution is 8.14. The topological polar surface area (TPSA) is 34.9 Å². The maximum absolute atomic E-state index is 12.3. The molecule has 3 nitrogen and oxygen atoms in total. The molecule has 106 valence electrons. The summed E-state index contributed by atoms with van der Waals surface area (Å²) in [6, 6.07) is 14.8. The lowest BCUT2D eigenvalue weighted by Crippen LogP contribution is -2.00. The van der Waals surface area contributed by atoms with Gasteiger partial charge in [0.15, 0.2) is 5.16 Å². The Balaban J connectivity index is 1.94. The third-order valence-electron chi connectivity index (χ3n) is 3.20. The van der Waals surface area contributed by atoms with E-state index in [1.807, 2.05) is 35.8 Å². The average Bonchev–Trinajstić information content (AvgIpc) is 2.84. The Labute approximate surface area is 131 Å². The SMILES string of the molecule is CCn1c(SC(=O)c2ccc(Cl)cc2)nc2ccccc21. The second-order valence-corrected chi connectivity index (χ2v) is 5.90. The van der Waals surface area contributed by atoms with Gasteiger partial charge in [0.25, 0.3) is 0 Å². The number of fused-ring (bicyclic) bond motifs is 1. The van der Waals surface area contributed by atoms with E-state index in [2.05, 4.69) is 4.98 Å². The Kier molecular flexibility index (Phi) is 3.99. The van der Waals surface area contributed by atoms with Crippen LogP contribution in [0.2, 0.25) is 5.02 Å². The number of halogens is 1. The van der Waals surface area contributed by atoms with E-state index in [4.69, 9.17) is 11.6 Å². The van der Waals surface area contributed by atoms with Gasteiger partial charge in [-0.25, -0.2) is 4.98 Å². The lowest BCUT2D eigenvalue weighted by molar-refractivity contribution is 0.108. The molecule has 1 heterocycles. The highest BCUT2D eigenvalue weighted by atomic mass is 35.5. The van der Waals surface area contributed by atoms with E-state index in [0.29, 0.717) is 10.6 Å². The molecule has 0 spiro atoms. The first kappa shape index (κ1) is 14.2. The van der Waals surface area contributed by atoms with Crippen LogP contribution in [-0.4, -0.2) is 14.7 Å². The maximum Gasteiger partial charge on any atom is 0.227 e. The van der Waals surface area contributed by atoms with E-state index in [-0.39, 0.29) is 5.12 Å². The Hall–Kier alpha value is -1.78. The summed E-state index contributed by atoms with van der Waals surface area (Å²) in [5, 5.41) is 1.31. The summed E-state index contributed by atoms with van der Waals surface area (Å²) in [5.41, 5.74) is 2.58. The minimum atomic E-state index is -0.0309. The lowest BCUT2D eigenvalue weighted by atomic mass is 10.2. The van der Waals surface area contributed by atoms with Crippen molar-refractivity contribution in [3.63, 3.8) is 0 Å². The number of hydrogen-bond donors (Lipinski definition) is 0. The van der Waals surface area contributed by atoms with Crippen molar-refractivity contribution in [1.82, 2.24) is 9.55 Å². The summed E-state index contributed by atoms with van der Waals surface area (Å²) in [7, 11) is 0. The third kappa shape index (κ3) is 2.82. The molecule has 0 aliphatic heterocycles. The summed E-state index contributed by atoms with van der Waals surface area (Å²) in [5.74, 6) is 0. The van der Waals surface area contributed by atoms with Crippen molar-refractivity contribution < 1.29 is 4.79 Å². The molecule has 0 aliphatic rings. The normalized spacial score (nSPS) is 11.0. The first-order chi connectivity index (χ1) is 10.2. The van der Waals surface area contributed by atoms with Crippen LogP contribution >= 0.6 is 23.4 Å². The molecule has 0 aliphatic carbocycles. The Morgan fingerprint density at radius 1 is 1.19 bits per heavy atom. The smallest absolute Gasteiger partial charge is 0.227 e. The van der Waals surface area contributed by atoms with Crippen molar-refractivity contribution in [2.45, 2.75) is 18.6 Å². The molecule has 0 saturated carbocycles. The standard InChI is InChI=1S/C16H13ClN2OS/c1-2-19-14-6-4-3-5-13(14)18-16(19)21-15(20)11-7-9-12(17)10-8-11/h3-10H,2H2,1H3. The highest BCUT2D eigenvalue weighted by Gasteiger charge is 2.15. The van der Waals surface area contributed by atoms with Gasteiger partial charge < -0.3 is 4.57 Å². The Morgan fingerprint density at radius 2 is 1.90 bits per heavy atom. The van der Waals surface area contributed by atoms with E-state index in [1.54, 1.807) is 24.3 Å². The van der Waals surface area contributed by atoms with Crippen LogP contribution in [0.25, 0.3) is 11.0 Å². The van der Waals surface area contributed by atoms with Crippen LogP contribution in [0.5, 0.6) is 0 Å².